The molecule has 0 amide bonds. The van der Waals surface area contributed by atoms with Crippen LogP contribution in [0, 0.1) is 5.92 Å². The number of carbonyl (C=O) groups is 1. The first kappa shape index (κ1) is 11.6. The number of carboxylic acid groups (broad SMARTS) is 1. The van der Waals surface area contributed by atoms with Crippen molar-refractivity contribution >= 4 is 28.5 Å². The third-order valence-corrected chi connectivity index (χ3v) is 3.69. The number of aliphatic hydroxyl groups is 1. The van der Waals surface area contributed by atoms with Gasteiger partial charge in [-0.3, -0.25) is 4.79 Å². The van der Waals surface area contributed by atoms with Gasteiger partial charge in [-0.15, -0.1) is 0 Å². The SMILES string of the molecule is O=C(O)C1CC(O)(c2cc3cc(Cl)ccc3o2)C1. The molecule has 4 nitrogen and oxygen atoms in total. The summed E-state index contributed by atoms with van der Waals surface area (Å²) in [7, 11) is 0. The van der Waals surface area contributed by atoms with E-state index < -0.39 is 17.5 Å². The zero-order valence-electron chi connectivity index (χ0n) is 9.39. The standard InChI is InChI=1S/C13H11ClO4/c14-9-1-2-10-7(3-9)4-11(18-10)13(17)5-8(6-13)12(15)16/h1-4,8,17H,5-6H2,(H,15,16). The molecule has 1 aliphatic carbocycles. The predicted octanol–water partition coefficient (Wildman–Crippen LogP) is 2.77. The van der Waals surface area contributed by atoms with Crippen LogP contribution in [0.1, 0.15) is 18.6 Å². The minimum absolute atomic E-state index is 0.190. The maximum absolute atomic E-state index is 10.8. The van der Waals surface area contributed by atoms with Gasteiger partial charge in [0.15, 0.2) is 0 Å². The Labute approximate surface area is 108 Å². The second kappa shape index (κ2) is 3.73. The summed E-state index contributed by atoms with van der Waals surface area (Å²) in [6.45, 7) is 0. The summed E-state index contributed by atoms with van der Waals surface area (Å²) in [6.07, 6.45) is 0.381. The van der Waals surface area contributed by atoms with Gasteiger partial charge >= 0.3 is 5.97 Å². The highest BCUT2D eigenvalue weighted by molar-refractivity contribution is 6.31. The number of aliphatic carboxylic acids is 1. The highest BCUT2D eigenvalue weighted by Gasteiger charge is 2.49. The van der Waals surface area contributed by atoms with E-state index in [1.54, 1.807) is 24.3 Å². The van der Waals surface area contributed by atoms with Gasteiger partial charge in [-0.2, -0.15) is 0 Å². The summed E-state index contributed by atoms with van der Waals surface area (Å²) in [5, 5.41) is 20.5. The fourth-order valence-electron chi connectivity index (χ4n) is 2.37. The van der Waals surface area contributed by atoms with Crippen molar-refractivity contribution in [3.05, 3.63) is 35.0 Å². The van der Waals surface area contributed by atoms with Crippen molar-refractivity contribution in [2.45, 2.75) is 18.4 Å². The largest absolute Gasteiger partial charge is 0.481 e. The normalized spacial score (nSPS) is 27.1. The molecule has 2 N–H and O–H groups in total. The second-order valence-electron chi connectivity index (χ2n) is 4.77. The molecule has 5 heteroatoms. The maximum atomic E-state index is 10.8. The Morgan fingerprint density at radius 3 is 2.78 bits per heavy atom. The molecular weight excluding hydrogens is 256 g/mol. The predicted molar refractivity (Wildman–Crippen MR) is 65.5 cm³/mol. The highest BCUT2D eigenvalue weighted by Crippen LogP contribution is 2.47. The van der Waals surface area contributed by atoms with Crippen molar-refractivity contribution in [2.24, 2.45) is 5.92 Å². The number of carboxylic acids is 1. The summed E-state index contributed by atoms with van der Waals surface area (Å²) in [5.41, 5.74) is -0.518. The minimum atomic E-state index is -1.16. The topological polar surface area (TPSA) is 70.7 Å². The Balaban J connectivity index is 1.94. The average Bonchev–Trinajstić information content (AvgIpc) is 2.67. The van der Waals surface area contributed by atoms with Gasteiger partial charge < -0.3 is 14.6 Å². The second-order valence-corrected chi connectivity index (χ2v) is 5.20. The molecular formula is C13H11ClO4. The molecule has 1 heterocycles. The summed E-state index contributed by atoms with van der Waals surface area (Å²) in [5.74, 6) is -0.956. The summed E-state index contributed by atoms with van der Waals surface area (Å²) < 4.78 is 5.56. The van der Waals surface area contributed by atoms with Gasteiger partial charge in [0.2, 0.25) is 0 Å². The van der Waals surface area contributed by atoms with Gasteiger partial charge in [-0.25, -0.2) is 0 Å². The van der Waals surface area contributed by atoms with Crippen LogP contribution in [0.25, 0.3) is 11.0 Å². The van der Waals surface area contributed by atoms with Crippen LogP contribution in [-0.4, -0.2) is 16.2 Å². The van der Waals surface area contributed by atoms with Crippen molar-refractivity contribution in [1.82, 2.24) is 0 Å². The van der Waals surface area contributed by atoms with Crippen LogP contribution >= 0.6 is 11.6 Å². The van der Waals surface area contributed by atoms with Gasteiger partial charge in [0.1, 0.15) is 16.9 Å². The van der Waals surface area contributed by atoms with Crippen LogP contribution in [0.3, 0.4) is 0 Å². The van der Waals surface area contributed by atoms with Crippen molar-refractivity contribution in [3.63, 3.8) is 0 Å². The molecule has 0 aliphatic heterocycles. The Kier molecular flexibility index (Phi) is 2.40. The lowest BCUT2D eigenvalue weighted by atomic mass is 9.69. The van der Waals surface area contributed by atoms with E-state index in [-0.39, 0.29) is 12.8 Å². The molecule has 1 aromatic carbocycles. The van der Waals surface area contributed by atoms with Crippen LogP contribution < -0.4 is 0 Å². The lowest BCUT2D eigenvalue weighted by Gasteiger charge is -2.39. The fraction of sp³-hybridized carbons (Fsp3) is 0.308. The summed E-state index contributed by atoms with van der Waals surface area (Å²) in [6, 6.07) is 6.92. The first-order valence-corrected chi connectivity index (χ1v) is 6.00. The van der Waals surface area contributed by atoms with E-state index in [4.69, 9.17) is 21.1 Å². The molecule has 1 saturated carbocycles. The van der Waals surface area contributed by atoms with Crippen LogP contribution in [0.5, 0.6) is 0 Å². The number of furan rings is 1. The molecule has 94 valence electrons. The maximum Gasteiger partial charge on any atom is 0.306 e. The number of fused-ring (bicyclic) bond motifs is 1. The summed E-state index contributed by atoms with van der Waals surface area (Å²) >= 11 is 5.87. The third kappa shape index (κ3) is 1.69. The number of rotatable bonds is 2. The Hall–Kier alpha value is -1.52. The van der Waals surface area contributed by atoms with E-state index in [1.165, 1.54) is 0 Å². The van der Waals surface area contributed by atoms with Crippen LogP contribution in [0.15, 0.2) is 28.7 Å². The van der Waals surface area contributed by atoms with E-state index in [1.807, 2.05) is 0 Å². The molecule has 0 saturated heterocycles. The molecule has 1 aliphatic rings. The molecule has 18 heavy (non-hydrogen) atoms. The lowest BCUT2D eigenvalue weighted by Crippen LogP contribution is -2.44. The lowest BCUT2D eigenvalue weighted by molar-refractivity contribution is -0.161. The Bertz CT molecular complexity index is 625. The number of hydrogen-bond donors (Lipinski definition) is 2. The number of hydrogen-bond acceptors (Lipinski definition) is 3. The smallest absolute Gasteiger partial charge is 0.306 e. The molecule has 0 unspecified atom stereocenters. The summed E-state index contributed by atoms with van der Waals surface area (Å²) in [4.78, 5) is 10.8. The quantitative estimate of drug-likeness (QED) is 0.877. The molecule has 1 fully saturated rings. The van der Waals surface area contributed by atoms with Crippen molar-refractivity contribution in [1.29, 1.82) is 0 Å². The van der Waals surface area contributed by atoms with Gasteiger partial charge in [0.25, 0.3) is 0 Å². The first-order chi connectivity index (χ1) is 8.48. The zero-order valence-corrected chi connectivity index (χ0v) is 10.1. The highest BCUT2D eigenvalue weighted by atomic mass is 35.5. The molecule has 0 atom stereocenters. The average molecular weight is 267 g/mol. The van der Waals surface area contributed by atoms with Gasteiger partial charge in [-0.05, 0) is 37.1 Å². The molecule has 0 radical (unpaired) electrons. The van der Waals surface area contributed by atoms with Crippen LogP contribution in [-0.2, 0) is 10.4 Å². The monoisotopic (exact) mass is 266 g/mol. The van der Waals surface area contributed by atoms with Crippen LogP contribution in [0.4, 0.5) is 0 Å². The molecule has 3 rings (SSSR count). The van der Waals surface area contributed by atoms with Gasteiger partial charge in [0, 0.05) is 10.4 Å². The third-order valence-electron chi connectivity index (χ3n) is 3.45. The van der Waals surface area contributed by atoms with E-state index in [9.17, 15) is 9.90 Å². The zero-order chi connectivity index (χ0) is 12.9. The Morgan fingerprint density at radius 1 is 1.39 bits per heavy atom. The molecule has 1 aromatic heterocycles. The van der Waals surface area contributed by atoms with E-state index in [2.05, 4.69) is 0 Å². The van der Waals surface area contributed by atoms with Gasteiger partial charge in [-0.1, -0.05) is 11.6 Å². The van der Waals surface area contributed by atoms with E-state index >= 15 is 0 Å². The van der Waals surface area contributed by atoms with Gasteiger partial charge in [0.05, 0.1) is 5.92 Å². The minimum Gasteiger partial charge on any atom is -0.481 e. The molecule has 0 bridgehead atoms. The van der Waals surface area contributed by atoms with Crippen molar-refractivity contribution in [3.8, 4) is 0 Å². The van der Waals surface area contributed by atoms with E-state index in [0.717, 1.165) is 5.39 Å². The molecule has 0 spiro atoms. The number of halogens is 1. The van der Waals surface area contributed by atoms with E-state index in [0.29, 0.717) is 16.4 Å². The number of benzene rings is 1. The van der Waals surface area contributed by atoms with Crippen molar-refractivity contribution < 1.29 is 19.4 Å². The first-order valence-electron chi connectivity index (χ1n) is 5.63. The Morgan fingerprint density at radius 2 is 2.11 bits per heavy atom. The molecule has 2 aromatic rings. The fourth-order valence-corrected chi connectivity index (χ4v) is 2.56. The van der Waals surface area contributed by atoms with Crippen LogP contribution in [0.2, 0.25) is 5.02 Å². The van der Waals surface area contributed by atoms with Crippen molar-refractivity contribution in [2.75, 3.05) is 0 Å².